The van der Waals surface area contributed by atoms with E-state index in [9.17, 15) is 9.90 Å². The van der Waals surface area contributed by atoms with Crippen molar-refractivity contribution in [1.29, 1.82) is 0 Å². The first kappa shape index (κ1) is 15.7. The molecule has 0 aromatic heterocycles. The molecular formula is C14H19IN2O3. The average molecular weight is 390 g/mol. The second-order valence-corrected chi connectivity index (χ2v) is 6.14. The predicted molar refractivity (Wildman–Crippen MR) is 85.6 cm³/mol. The number of halogens is 1. The molecule has 0 bridgehead atoms. The van der Waals surface area contributed by atoms with Gasteiger partial charge in [0.2, 0.25) is 5.91 Å². The van der Waals surface area contributed by atoms with E-state index in [0.717, 1.165) is 9.26 Å². The summed E-state index contributed by atoms with van der Waals surface area (Å²) in [7, 11) is 0. The lowest BCUT2D eigenvalue weighted by Crippen LogP contribution is -2.50. The van der Waals surface area contributed by atoms with Gasteiger partial charge in [0.25, 0.3) is 0 Å². The Bertz CT molecular complexity index is 469. The molecule has 0 saturated carbocycles. The molecule has 1 saturated heterocycles. The molecule has 5 nitrogen and oxygen atoms in total. The number of anilines is 1. The molecule has 1 aromatic carbocycles. The molecule has 1 fully saturated rings. The lowest BCUT2D eigenvalue weighted by molar-refractivity contribution is -0.124. The summed E-state index contributed by atoms with van der Waals surface area (Å²) in [6.45, 7) is 3.54. The first-order valence-electron chi connectivity index (χ1n) is 6.61. The van der Waals surface area contributed by atoms with Crippen molar-refractivity contribution >= 4 is 34.2 Å². The largest absolute Gasteiger partial charge is 0.394 e. The number of nitrogens with one attached hydrogen (secondary N) is 1. The van der Waals surface area contributed by atoms with Crippen molar-refractivity contribution < 1.29 is 14.6 Å². The second-order valence-electron chi connectivity index (χ2n) is 4.97. The molecule has 20 heavy (non-hydrogen) atoms. The fraction of sp³-hybridized carbons (Fsp3) is 0.500. The van der Waals surface area contributed by atoms with E-state index in [1.165, 1.54) is 0 Å². The normalized spacial score (nSPS) is 23.6. The van der Waals surface area contributed by atoms with Crippen molar-refractivity contribution in [3.05, 3.63) is 27.8 Å². The smallest absolute Gasteiger partial charge is 0.238 e. The van der Waals surface area contributed by atoms with E-state index in [2.05, 4.69) is 27.9 Å². The standard InChI is InChI=1S/C14H19IN2O3/c1-10-6-17(7-11(9-18)20-10)8-14(19)16-13-5-3-2-4-12(13)15/h2-5,10-11,18H,6-9H2,1H3,(H,16,19). The molecule has 1 aliphatic heterocycles. The summed E-state index contributed by atoms with van der Waals surface area (Å²) in [5.74, 6) is -0.0418. The molecule has 0 spiro atoms. The third-order valence-electron chi connectivity index (χ3n) is 3.12. The number of benzene rings is 1. The van der Waals surface area contributed by atoms with Crippen LogP contribution in [-0.4, -0.2) is 54.4 Å². The molecule has 1 aliphatic rings. The fourth-order valence-electron chi connectivity index (χ4n) is 2.33. The molecule has 2 N–H and O–H groups in total. The monoisotopic (exact) mass is 390 g/mol. The van der Waals surface area contributed by atoms with Gasteiger partial charge in [0.1, 0.15) is 0 Å². The number of aliphatic hydroxyl groups is 1. The summed E-state index contributed by atoms with van der Waals surface area (Å²) in [4.78, 5) is 14.1. The van der Waals surface area contributed by atoms with E-state index >= 15 is 0 Å². The minimum atomic E-state index is -0.205. The van der Waals surface area contributed by atoms with Crippen LogP contribution in [0.5, 0.6) is 0 Å². The van der Waals surface area contributed by atoms with Gasteiger partial charge < -0.3 is 15.2 Å². The minimum Gasteiger partial charge on any atom is -0.394 e. The van der Waals surface area contributed by atoms with Crippen LogP contribution in [0, 0.1) is 3.57 Å². The fourth-order valence-corrected chi connectivity index (χ4v) is 2.85. The highest BCUT2D eigenvalue weighted by atomic mass is 127. The van der Waals surface area contributed by atoms with Crippen molar-refractivity contribution in [1.82, 2.24) is 4.90 Å². The first-order chi connectivity index (χ1) is 9.58. The number of carbonyl (C=O) groups excluding carboxylic acids is 1. The van der Waals surface area contributed by atoms with Gasteiger partial charge in [-0.25, -0.2) is 0 Å². The minimum absolute atomic E-state index is 0.0148. The molecule has 1 amide bonds. The molecular weight excluding hydrogens is 371 g/mol. The van der Waals surface area contributed by atoms with Crippen molar-refractivity contribution in [3.8, 4) is 0 Å². The SMILES string of the molecule is CC1CN(CC(=O)Nc2ccccc2I)CC(CO)O1. The molecule has 0 aliphatic carbocycles. The number of ether oxygens (including phenoxy) is 1. The lowest BCUT2D eigenvalue weighted by atomic mass is 10.2. The number of morpholine rings is 1. The van der Waals surface area contributed by atoms with Crippen molar-refractivity contribution in [2.24, 2.45) is 0 Å². The number of para-hydroxylation sites is 1. The van der Waals surface area contributed by atoms with Gasteiger partial charge in [-0.1, -0.05) is 12.1 Å². The van der Waals surface area contributed by atoms with E-state index in [0.29, 0.717) is 19.6 Å². The molecule has 0 radical (unpaired) electrons. The van der Waals surface area contributed by atoms with Crippen molar-refractivity contribution in [2.45, 2.75) is 19.1 Å². The molecule has 6 heteroatoms. The average Bonchev–Trinajstić information content (AvgIpc) is 2.40. The summed E-state index contributed by atoms with van der Waals surface area (Å²) >= 11 is 2.20. The summed E-state index contributed by atoms with van der Waals surface area (Å²) in [6.07, 6.45) is -0.172. The molecule has 1 aromatic rings. The van der Waals surface area contributed by atoms with Gasteiger partial charge in [0.15, 0.2) is 0 Å². The van der Waals surface area contributed by atoms with Gasteiger partial charge in [0, 0.05) is 16.7 Å². The number of hydrogen-bond acceptors (Lipinski definition) is 4. The Balaban J connectivity index is 1.89. The van der Waals surface area contributed by atoms with Crippen LogP contribution in [0.3, 0.4) is 0 Å². The Morgan fingerprint density at radius 1 is 1.50 bits per heavy atom. The van der Waals surface area contributed by atoms with Crippen LogP contribution in [0.15, 0.2) is 24.3 Å². The van der Waals surface area contributed by atoms with Gasteiger partial charge in [-0.3, -0.25) is 9.69 Å². The number of rotatable bonds is 4. The summed E-state index contributed by atoms with van der Waals surface area (Å²) < 4.78 is 6.58. The highest BCUT2D eigenvalue weighted by molar-refractivity contribution is 14.1. The van der Waals surface area contributed by atoms with E-state index in [1.54, 1.807) is 0 Å². The Hall–Kier alpha value is -0.700. The number of nitrogens with zero attached hydrogens (tertiary/aromatic N) is 1. The van der Waals surface area contributed by atoms with Gasteiger partial charge in [0.05, 0.1) is 31.0 Å². The van der Waals surface area contributed by atoms with Gasteiger partial charge in [-0.05, 0) is 41.6 Å². The van der Waals surface area contributed by atoms with Crippen LogP contribution >= 0.6 is 22.6 Å². The number of hydrogen-bond donors (Lipinski definition) is 2. The van der Waals surface area contributed by atoms with Crippen molar-refractivity contribution in [3.63, 3.8) is 0 Å². The summed E-state index contributed by atoms with van der Waals surface area (Å²) in [6, 6.07) is 7.68. The van der Waals surface area contributed by atoms with Crippen LogP contribution in [0.4, 0.5) is 5.69 Å². The van der Waals surface area contributed by atoms with E-state index in [4.69, 9.17) is 4.74 Å². The number of carbonyl (C=O) groups is 1. The summed E-state index contributed by atoms with van der Waals surface area (Å²) in [5.41, 5.74) is 0.832. The molecule has 2 unspecified atom stereocenters. The molecule has 2 atom stereocenters. The maximum atomic E-state index is 12.1. The Morgan fingerprint density at radius 2 is 2.25 bits per heavy atom. The predicted octanol–water partition coefficient (Wildman–Crippen LogP) is 1.31. The van der Waals surface area contributed by atoms with Crippen LogP contribution < -0.4 is 5.32 Å². The topological polar surface area (TPSA) is 61.8 Å². The zero-order valence-corrected chi connectivity index (χ0v) is 13.5. The maximum absolute atomic E-state index is 12.1. The highest BCUT2D eigenvalue weighted by Gasteiger charge is 2.25. The van der Waals surface area contributed by atoms with Gasteiger partial charge in [-0.15, -0.1) is 0 Å². The third-order valence-corrected chi connectivity index (χ3v) is 4.06. The quantitative estimate of drug-likeness (QED) is 0.762. The van der Waals surface area contributed by atoms with E-state index in [1.807, 2.05) is 36.1 Å². The van der Waals surface area contributed by atoms with Crippen molar-refractivity contribution in [2.75, 3.05) is 31.6 Å². The zero-order valence-electron chi connectivity index (χ0n) is 11.4. The van der Waals surface area contributed by atoms with Crippen LogP contribution in [0.2, 0.25) is 0 Å². The number of amides is 1. The third kappa shape index (κ3) is 4.41. The van der Waals surface area contributed by atoms with Gasteiger partial charge >= 0.3 is 0 Å². The van der Waals surface area contributed by atoms with E-state index in [-0.39, 0.29) is 24.7 Å². The highest BCUT2D eigenvalue weighted by Crippen LogP contribution is 2.17. The second kappa shape index (κ2) is 7.35. The Morgan fingerprint density at radius 3 is 2.95 bits per heavy atom. The lowest BCUT2D eigenvalue weighted by Gasteiger charge is -2.35. The van der Waals surface area contributed by atoms with Crippen LogP contribution in [0.1, 0.15) is 6.92 Å². The molecule has 110 valence electrons. The zero-order chi connectivity index (χ0) is 14.5. The summed E-state index contributed by atoms with van der Waals surface area (Å²) in [5, 5.41) is 12.1. The van der Waals surface area contributed by atoms with Crippen LogP contribution in [-0.2, 0) is 9.53 Å². The van der Waals surface area contributed by atoms with E-state index < -0.39 is 0 Å². The Kier molecular flexibility index (Phi) is 5.76. The van der Waals surface area contributed by atoms with Gasteiger partial charge in [-0.2, -0.15) is 0 Å². The molecule has 2 rings (SSSR count). The molecule has 1 heterocycles. The number of aliphatic hydroxyl groups excluding tert-OH is 1. The maximum Gasteiger partial charge on any atom is 0.238 e. The van der Waals surface area contributed by atoms with Crippen LogP contribution in [0.25, 0.3) is 0 Å². The first-order valence-corrected chi connectivity index (χ1v) is 7.69. The Labute approximate surface area is 132 Å².